The van der Waals surface area contributed by atoms with Crippen molar-refractivity contribution in [2.75, 3.05) is 0 Å². The average Bonchev–Trinajstić information content (AvgIpc) is 2.17. The zero-order valence-electron chi connectivity index (χ0n) is 7.58. The van der Waals surface area contributed by atoms with Gasteiger partial charge >= 0.3 is 5.97 Å². The van der Waals surface area contributed by atoms with Crippen molar-refractivity contribution < 1.29 is 19.1 Å². The van der Waals surface area contributed by atoms with Crippen molar-refractivity contribution in [2.24, 2.45) is 0 Å². The fourth-order valence-electron chi connectivity index (χ4n) is 1.07. The smallest absolute Gasteiger partial charge is 0.338 e. The molecule has 0 bridgehead atoms. The molecule has 74 valence electrons. The third kappa shape index (κ3) is 1.96. The molecule has 14 heavy (non-hydrogen) atoms. The molecule has 0 fully saturated rings. The van der Waals surface area contributed by atoms with Crippen LogP contribution in [0.2, 0.25) is 0 Å². The van der Waals surface area contributed by atoms with E-state index in [4.69, 9.17) is 5.11 Å². The summed E-state index contributed by atoms with van der Waals surface area (Å²) < 4.78 is 12.9. The molecule has 0 aliphatic heterocycles. The Morgan fingerprint density at radius 2 is 2.07 bits per heavy atom. The molecule has 0 saturated heterocycles. The van der Waals surface area contributed by atoms with E-state index in [1.807, 2.05) is 0 Å². The average molecular weight is 196 g/mol. The number of benzene rings is 1. The van der Waals surface area contributed by atoms with Gasteiger partial charge in [-0.05, 0) is 18.2 Å². The summed E-state index contributed by atoms with van der Waals surface area (Å²) in [7, 11) is 0. The highest BCUT2D eigenvalue weighted by Gasteiger charge is 2.13. The number of halogens is 1. The van der Waals surface area contributed by atoms with Gasteiger partial charge in [0.2, 0.25) is 0 Å². The number of Topliss-reactive ketones (excluding diaryl/α,β-unsaturated/α-hetero) is 1. The molecule has 1 aromatic rings. The minimum Gasteiger partial charge on any atom is -0.478 e. The number of aromatic carboxylic acids is 1. The van der Waals surface area contributed by atoms with Crippen LogP contribution < -0.4 is 0 Å². The normalized spacial score (nSPS) is 9.86. The maximum Gasteiger partial charge on any atom is 0.338 e. The minimum atomic E-state index is -1.37. The van der Waals surface area contributed by atoms with Crippen LogP contribution in [0.3, 0.4) is 0 Å². The van der Waals surface area contributed by atoms with E-state index in [1.165, 1.54) is 6.07 Å². The number of hydrogen-bond donors (Lipinski definition) is 1. The first-order valence-electron chi connectivity index (χ1n) is 4.12. The highest BCUT2D eigenvalue weighted by Crippen LogP contribution is 2.12. The number of carboxylic acid groups (broad SMARTS) is 1. The molecule has 1 aromatic carbocycles. The summed E-state index contributed by atoms with van der Waals surface area (Å²) in [6.45, 7) is 1.66. The van der Waals surface area contributed by atoms with Crippen molar-refractivity contribution in [3.05, 3.63) is 35.1 Å². The highest BCUT2D eigenvalue weighted by atomic mass is 19.1. The molecule has 4 heteroatoms. The lowest BCUT2D eigenvalue weighted by molar-refractivity contribution is 0.0692. The maximum absolute atomic E-state index is 12.9. The zero-order valence-corrected chi connectivity index (χ0v) is 7.58. The van der Waals surface area contributed by atoms with Crippen LogP contribution in [0.5, 0.6) is 0 Å². The number of ketones is 1. The lowest BCUT2D eigenvalue weighted by Crippen LogP contribution is -2.04. The Hall–Kier alpha value is -1.71. The first-order chi connectivity index (χ1) is 6.56. The predicted octanol–water partition coefficient (Wildman–Crippen LogP) is 2.12. The zero-order chi connectivity index (χ0) is 10.7. The van der Waals surface area contributed by atoms with Crippen molar-refractivity contribution in [2.45, 2.75) is 13.3 Å². The summed E-state index contributed by atoms with van der Waals surface area (Å²) in [6, 6.07) is 3.34. The van der Waals surface area contributed by atoms with E-state index >= 15 is 0 Å². The van der Waals surface area contributed by atoms with E-state index in [-0.39, 0.29) is 17.8 Å². The van der Waals surface area contributed by atoms with Gasteiger partial charge in [-0.3, -0.25) is 4.79 Å². The first-order valence-corrected chi connectivity index (χ1v) is 4.12. The Kier molecular flexibility index (Phi) is 2.96. The molecule has 0 spiro atoms. The van der Waals surface area contributed by atoms with Gasteiger partial charge in [0.1, 0.15) is 5.82 Å². The third-order valence-electron chi connectivity index (χ3n) is 1.84. The van der Waals surface area contributed by atoms with E-state index in [1.54, 1.807) is 6.92 Å². The Bertz CT molecular complexity index is 385. The van der Waals surface area contributed by atoms with Gasteiger partial charge in [-0.25, -0.2) is 9.18 Å². The summed E-state index contributed by atoms with van der Waals surface area (Å²) in [6.07, 6.45) is 0.269. The van der Waals surface area contributed by atoms with Crippen molar-refractivity contribution in [3.63, 3.8) is 0 Å². The van der Waals surface area contributed by atoms with Crippen LogP contribution in [0.1, 0.15) is 34.1 Å². The number of carbonyl (C=O) groups is 2. The number of hydrogen-bond acceptors (Lipinski definition) is 2. The summed E-state index contributed by atoms with van der Waals surface area (Å²) in [5, 5.41) is 8.59. The molecule has 0 saturated carbocycles. The number of rotatable bonds is 3. The van der Waals surface area contributed by atoms with Crippen LogP contribution in [0.25, 0.3) is 0 Å². The lowest BCUT2D eigenvalue weighted by atomic mass is 10.1. The Morgan fingerprint density at radius 3 is 2.57 bits per heavy atom. The molecule has 0 radical (unpaired) electrons. The van der Waals surface area contributed by atoms with Crippen LogP contribution in [0.15, 0.2) is 18.2 Å². The van der Waals surface area contributed by atoms with E-state index in [2.05, 4.69) is 0 Å². The maximum atomic E-state index is 12.9. The summed E-state index contributed by atoms with van der Waals surface area (Å²) in [5.41, 5.74) is -0.240. The molecule has 0 unspecified atom stereocenters. The Balaban J connectivity index is 3.19. The fourth-order valence-corrected chi connectivity index (χ4v) is 1.07. The molecule has 3 nitrogen and oxygen atoms in total. The molecule has 0 atom stereocenters. The van der Waals surface area contributed by atoms with Crippen LogP contribution in [-0.2, 0) is 0 Å². The van der Waals surface area contributed by atoms with Gasteiger partial charge in [-0.2, -0.15) is 0 Å². The second-order valence-electron chi connectivity index (χ2n) is 2.78. The van der Waals surface area contributed by atoms with Crippen molar-refractivity contribution in [1.29, 1.82) is 0 Å². The third-order valence-corrected chi connectivity index (χ3v) is 1.84. The van der Waals surface area contributed by atoms with Crippen molar-refractivity contribution in [3.8, 4) is 0 Å². The van der Waals surface area contributed by atoms with Crippen LogP contribution >= 0.6 is 0 Å². The summed E-state index contributed by atoms with van der Waals surface area (Å²) in [4.78, 5) is 21.7. The fraction of sp³-hybridized carbons (Fsp3) is 0.200. The van der Waals surface area contributed by atoms with Gasteiger partial charge in [0, 0.05) is 12.0 Å². The van der Waals surface area contributed by atoms with Gasteiger partial charge in [0.25, 0.3) is 0 Å². The predicted molar refractivity (Wildman–Crippen MR) is 48.0 cm³/mol. The molecule has 0 heterocycles. The van der Waals surface area contributed by atoms with Gasteiger partial charge < -0.3 is 5.11 Å². The first kappa shape index (κ1) is 10.4. The molecule has 0 aromatic heterocycles. The minimum absolute atomic E-state index is 0.201. The number of carboxylic acids is 1. The largest absolute Gasteiger partial charge is 0.478 e. The molecule has 0 aliphatic carbocycles. The topological polar surface area (TPSA) is 54.4 Å². The van der Waals surface area contributed by atoms with Crippen LogP contribution in [0.4, 0.5) is 4.39 Å². The molecule has 1 N–H and O–H groups in total. The summed E-state index contributed by atoms with van der Waals surface area (Å²) in [5.74, 6) is -2.40. The van der Waals surface area contributed by atoms with Crippen LogP contribution in [-0.4, -0.2) is 16.9 Å². The van der Waals surface area contributed by atoms with Crippen molar-refractivity contribution in [1.82, 2.24) is 0 Å². The van der Waals surface area contributed by atoms with Crippen LogP contribution in [0, 0.1) is 5.82 Å². The van der Waals surface area contributed by atoms with E-state index in [0.29, 0.717) is 0 Å². The molecule has 1 rings (SSSR count). The summed E-state index contributed by atoms with van der Waals surface area (Å²) >= 11 is 0. The number of carbonyl (C=O) groups excluding carboxylic acids is 1. The van der Waals surface area contributed by atoms with Gasteiger partial charge in [-0.15, -0.1) is 0 Å². The Labute approximate surface area is 80.2 Å². The van der Waals surface area contributed by atoms with E-state index in [0.717, 1.165) is 12.1 Å². The van der Waals surface area contributed by atoms with Gasteiger partial charge in [0.05, 0.1) is 5.56 Å². The van der Waals surface area contributed by atoms with E-state index in [9.17, 15) is 14.0 Å². The lowest BCUT2D eigenvalue weighted by Gasteiger charge is -2.00. The highest BCUT2D eigenvalue weighted by molar-refractivity contribution is 5.98. The standard InChI is InChI=1S/C10H9FO3/c1-2-9(12)6-3-4-8(11)7(5-6)10(13)14/h3-5H,2H2,1H3,(H,13,14). The van der Waals surface area contributed by atoms with Crippen molar-refractivity contribution >= 4 is 11.8 Å². The van der Waals surface area contributed by atoms with Gasteiger partial charge in [0.15, 0.2) is 5.78 Å². The second-order valence-corrected chi connectivity index (χ2v) is 2.78. The van der Waals surface area contributed by atoms with E-state index < -0.39 is 17.3 Å². The quantitative estimate of drug-likeness (QED) is 0.753. The molecular formula is C10H9FO3. The SMILES string of the molecule is CCC(=O)c1ccc(F)c(C(=O)O)c1. The monoisotopic (exact) mass is 196 g/mol. The molecule has 0 aliphatic rings. The second kappa shape index (κ2) is 4.00. The Morgan fingerprint density at radius 1 is 1.43 bits per heavy atom. The molecule has 0 amide bonds. The van der Waals surface area contributed by atoms with Gasteiger partial charge in [-0.1, -0.05) is 6.92 Å². The molecular weight excluding hydrogens is 187 g/mol.